The van der Waals surface area contributed by atoms with Crippen LogP contribution >= 0.6 is 0 Å². The topological polar surface area (TPSA) is 75.1 Å². The number of hydrogen-bond donors (Lipinski definition) is 2. The van der Waals surface area contributed by atoms with Crippen LogP contribution in [0.25, 0.3) is 11.0 Å². The number of fused-ring (bicyclic) bond motifs is 2. The number of carbonyl (C=O) groups is 1. The Morgan fingerprint density at radius 1 is 1.32 bits per heavy atom. The van der Waals surface area contributed by atoms with Crippen LogP contribution in [0.15, 0.2) is 39.5 Å². The number of aromatic nitrogens is 1. The van der Waals surface area contributed by atoms with E-state index in [0.29, 0.717) is 10.9 Å². The van der Waals surface area contributed by atoms with Gasteiger partial charge in [0.1, 0.15) is 0 Å². The monoisotopic (exact) mass is 340 g/mol. The van der Waals surface area contributed by atoms with E-state index in [1.165, 1.54) is 12.1 Å². The molecule has 0 aliphatic heterocycles. The molecule has 3 aromatic rings. The Morgan fingerprint density at radius 2 is 2.16 bits per heavy atom. The minimum atomic E-state index is -0.486. The molecule has 25 heavy (non-hydrogen) atoms. The highest BCUT2D eigenvalue weighted by Crippen LogP contribution is 2.30. The summed E-state index contributed by atoms with van der Waals surface area (Å²) in [6.45, 7) is 1.74. The van der Waals surface area contributed by atoms with Gasteiger partial charge in [-0.05, 0) is 43.9 Å². The van der Waals surface area contributed by atoms with E-state index >= 15 is 0 Å². The van der Waals surface area contributed by atoms with Crippen LogP contribution in [0, 0.1) is 12.7 Å². The average molecular weight is 340 g/mol. The van der Waals surface area contributed by atoms with Crippen molar-refractivity contribution in [3.8, 4) is 0 Å². The number of benzene rings is 1. The molecule has 1 aromatic carbocycles. The molecule has 0 bridgehead atoms. The van der Waals surface area contributed by atoms with Gasteiger partial charge in [-0.3, -0.25) is 9.59 Å². The number of hydrogen-bond acceptors (Lipinski definition) is 3. The molecular formula is C19H17FN2O3. The van der Waals surface area contributed by atoms with E-state index < -0.39 is 5.82 Å². The Kier molecular flexibility index (Phi) is 3.67. The van der Waals surface area contributed by atoms with Crippen molar-refractivity contribution in [3.63, 3.8) is 0 Å². The Hall–Kier alpha value is -2.89. The summed E-state index contributed by atoms with van der Waals surface area (Å²) >= 11 is 0. The molecule has 5 nitrogen and oxygen atoms in total. The smallest absolute Gasteiger partial charge is 0.287 e. The fourth-order valence-electron chi connectivity index (χ4n) is 3.50. The SMILES string of the molecule is Cc1c(C(=O)N[C@H]2CCCc3[nH]c(=O)ccc32)oc2c(F)cccc12. The second-order valence-electron chi connectivity index (χ2n) is 6.35. The molecular weight excluding hydrogens is 323 g/mol. The molecule has 2 aromatic heterocycles. The minimum Gasteiger partial charge on any atom is -0.448 e. The molecule has 0 unspecified atom stereocenters. The van der Waals surface area contributed by atoms with Gasteiger partial charge in [0, 0.05) is 22.7 Å². The molecule has 0 saturated carbocycles. The lowest BCUT2D eigenvalue weighted by Gasteiger charge is -2.25. The predicted octanol–water partition coefficient (Wildman–Crippen LogP) is 3.38. The summed E-state index contributed by atoms with van der Waals surface area (Å²) in [7, 11) is 0. The van der Waals surface area contributed by atoms with Crippen LogP contribution in [0.1, 0.15) is 46.3 Å². The summed E-state index contributed by atoms with van der Waals surface area (Å²) in [6, 6.07) is 7.64. The lowest BCUT2D eigenvalue weighted by Crippen LogP contribution is -2.32. The standard InChI is InChI=1S/C19H17FN2O3/c1-10-11-4-2-5-13(20)18(11)25-17(10)19(24)22-15-7-3-6-14-12(15)8-9-16(23)21-14/h2,4-5,8-9,15H,3,6-7H2,1H3,(H,21,23)(H,22,24)/t15-/m0/s1. The van der Waals surface area contributed by atoms with Crippen molar-refractivity contribution in [1.29, 1.82) is 0 Å². The highest BCUT2D eigenvalue weighted by Gasteiger charge is 2.26. The van der Waals surface area contributed by atoms with Gasteiger partial charge in [0.2, 0.25) is 5.56 Å². The Balaban J connectivity index is 1.67. The summed E-state index contributed by atoms with van der Waals surface area (Å²) in [5.41, 5.74) is 2.34. The van der Waals surface area contributed by atoms with Gasteiger partial charge in [0.05, 0.1) is 6.04 Å². The first kappa shape index (κ1) is 15.6. The quantitative estimate of drug-likeness (QED) is 0.751. The number of H-pyrrole nitrogens is 1. The van der Waals surface area contributed by atoms with Gasteiger partial charge < -0.3 is 14.7 Å². The molecule has 0 spiro atoms. The molecule has 0 fully saturated rings. The van der Waals surface area contributed by atoms with Crippen molar-refractivity contribution in [2.45, 2.75) is 32.2 Å². The lowest BCUT2D eigenvalue weighted by molar-refractivity contribution is 0.0905. The van der Waals surface area contributed by atoms with Crippen LogP contribution in [-0.2, 0) is 6.42 Å². The number of halogens is 1. The van der Waals surface area contributed by atoms with Gasteiger partial charge in [-0.2, -0.15) is 0 Å². The third kappa shape index (κ3) is 2.63. The maximum atomic E-state index is 13.9. The second kappa shape index (κ2) is 5.88. The molecule has 128 valence electrons. The van der Waals surface area contributed by atoms with Crippen LogP contribution in [0.5, 0.6) is 0 Å². The minimum absolute atomic E-state index is 0.0959. The van der Waals surface area contributed by atoms with Crippen molar-refractivity contribution >= 4 is 16.9 Å². The highest BCUT2D eigenvalue weighted by molar-refractivity contribution is 5.99. The normalized spacial score (nSPS) is 16.6. The van der Waals surface area contributed by atoms with Crippen molar-refractivity contribution in [2.24, 2.45) is 0 Å². The van der Waals surface area contributed by atoms with E-state index in [2.05, 4.69) is 10.3 Å². The molecule has 2 heterocycles. The Morgan fingerprint density at radius 3 is 2.96 bits per heavy atom. The number of furan rings is 1. The molecule has 6 heteroatoms. The van der Waals surface area contributed by atoms with Gasteiger partial charge >= 0.3 is 0 Å². The number of para-hydroxylation sites is 1. The molecule has 0 radical (unpaired) electrons. The zero-order chi connectivity index (χ0) is 17.6. The van der Waals surface area contributed by atoms with Gasteiger partial charge in [0.15, 0.2) is 17.2 Å². The lowest BCUT2D eigenvalue weighted by atomic mass is 9.91. The maximum Gasteiger partial charge on any atom is 0.287 e. The number of aryl methyl sites for hydroxylation is 2. The summed E-state index contributed by atoms with van der Waals surface area (Å²) in [4.78, 5) is 27.0. The molecule has 4 rings (SSSR count). The molecule has 1 amide bonds. The van der Waals surface area contributed by atoms with Crippen LogP contribution < -0.4 is 10.9 Å². The number of amides is 1. The molecule has 1 aliphatic carbocycles. The van der Waals surface area contributed by atoms with Crippen LogP contribution in [0.2, 0.25) is 0 Å². The van der Waals surface area contributed by atoms with E-state index in [1.807, 2.05) is 0 Å². The first-order chi connectivity index (χ1) is 12.0. The van der Waals surface area contributed by atoms with Gasteiger partial charge in [-0.1, -0.05) is 12.1 Å². The first-order valence-corrected chi connectivity index (χ1v) is 8.25. The Labute approximate surface area is 142 Å². The van der Waals surface area contributed by atoms with Gasteiger partial charge in [0.25, 0.3) is 5.91 Å². The summed E-state index contributed by atoms with van der Waals surface area (Å²) in [5, 5.41) is 3.55. The van der Waals surface area contributed by atoms with Crippen molar-refractivity contribution in [1.82, 2.24) is 10.3 Å². The third-order valence-electron chi connectivity index (χ3n) is 4.76. The number of pyridine rings is 1. The highest BCUT2D eigenvalue weighted by atomic mass is 19.1. The fraction of sp³-hybridized carbons (Fsp3) is 0.263. The van der Waals surface area contributed by atoms with E-state index in [0.717, 1.165) is 30.5 Å². The summed E-state index contributed by atoms with van der Waals surface area (Å²) in [5.74, 6) is -0.742. The average Bonchev–Trinajstić information content (AvgIpc) is 2.93. The zero-order valence-electron chi connectivity index (χ0n) is 13.7. The van der Waals surface area contributed by atoms with E-state index in [9.17, 15) is 14.0 Å². The molecule has 1 aliphatic rings. The van der Waals surface area contributed by atoms with Crippen molar-refractivity contribution < 1.29 is 13.6 Å². The number of nitrogens with one attached hydrogen (secondary N) is 2. The van der Waals surface area contributed by atoms with Gasteiger partial charge in [-0.25, -0.2) is 4.39 Å². The number of carbonyl (C=O) groups excluding carboxylic acids is 1. The molecule has 1 atom stereocenters. The number of aromatic amines is 1. The summed E-state index contributed by atoms with van der Waals surface area (Å²) < 4.78 is 19.4. The van der Waals surface area contributed by atoms with Crippen LogP contribution in [0.3, 0.4) is 0 Å². The fourth-order valence-corrected chi connectivity index (χ4v) is 3.50. The predicted molar refractivity (Wildman–Crippen MR) is 91.1 cm³/mol. The van der Waals surface area contributed by atoms with E-state index in [-0.39, 0.29) is 28.9 Å². The largest absolute Gasteiger partial charge is 0.448 e. The second-order valence-corrected chi connectivity index (χ2v) is 6.35. The maximum absolute atomic E-state index is 13.9. The zero-order valence-corrected chi connectivity index (χ0v) is 13.7. The molecule has 2 N–H and O–H groups in total. The third-order valence-corrected chi connectivity index (χ3v) is 4.76. The summed E-state index contributed by atoms with van der Waals surface area (Å²) in [6.07, 6.45) is 2.43. The molecule has 0 saturated heterocycles. The van der Waals surface area contributed by atoms with Gasteiger partial charge in [-0.15, -0.1) is 0 Å². The first-order valence-electron chi connectivity index (χ1n) is 8.25. The van der Waals surface area contributed by atoms with E-state index in [4.69, 9.17) is 4.42 Å². The number of rotatable bonds is 2. The Bertz CT molecular complexity index is 1030. The van der Waals surface area contributed by atoms with E-state index in [1.54, 1.807) is 25.1 Å². The van der Waals surface area contributed by atoms with Crippen molar-refractivity contribution in [2.75, 3.05) is 0 Å². The van der Waals surface area contributed by atoms with Crippen molar-refractivity contribution in [3.05, 3.63) is 69.1 Å². The van der Waals surface area contributed by atoms with Crippen LogP contribution in [0.4, 0.5) is 4.39 Å². The van der Waals surface area contributed by atoms with Crippen LogP contribution in [-0.4, -0.2) is 10.9 Å².